The molecule has 5 N–H and O–H groups in total. The van der Waals surface area contributed by atoms with Crippen LogP contribution in [0.3, 0.4) is 0 Å². The van der Waals surface area contributed by atoms with Gasteiger partial charge in [0.1, 0.15) is 5.03 Å². The van der Waals surface area contributed by atoms with Gasteiger partial charge in [0.2, 0.25) is 0 Å². The van der Waals surface area contributed by atoms with E-state index in [-0.39, 0.29) is 17.3 Å². The van der Waals surface area contributed by atoms with E-state index < -0.39 is 5.97 Å². The molecular weight excluding hydrogens is 336 g/mol. The Morgan fingerprint density at radius 1 is 1.16 bits per heavy atom. The molecule has 2 rings (SSSR count). The van der Waals surface area contributed by atoms with Gasteiger partial charge < -0.3 is 15.9 Å². The van der Waals surface area contributed by atoms with Crippen LogP contribution in [0.25, 0.3) is 11.1 Å². The molecular formula is C18H18N4O2S. The van der Waals surface area contributed by atoms with Crippen molar-refractivity contribution in [1.82, 2.24) is 5.43 Å². The largest absolute Gasteiger partial charge is 0.461 e. The number of hydrogen-bond acceptors (Lipinski definition) is 7. The molecule has 0 fully saturated rings. The van der Waals surface area contributed by atoms with E-state index in [4.69, 9.17) is 21.6 Å². The number of benzene rings is 2. The second-order valence-electron chi connectivity index (χ2n) is 4.92. The lowest BCUT2D eigenvalue weighted by atomic mass is 10.0. The summed E-state index contributed by atoms with van der Waals surface area (Å²) < 4.78 is 4.89. The Morgan fingerprint density at radius 3 is 2.20 bits per heavy atom. The molecule has 0 aromatic heterocycles. The van der Waals surface area contributed by atoms with E-state index in [1.54, 1.807) is 19.1 Å². The summed E-state index contributed by atoms with van der Waals surface area (Å²) in [6.45, 7) is 1.94. The number of hydrazine groups is 1. The predicted octanol–water partition coefficient (Wildman–Crippen LogP) is 2.47. The van der Waals surface area contributed by atoms with Crippen molar-refractivity contribution in [1.29, 1.82) is 5.26 Å². The second kappa shape index (κ2) is 8.78. The van der Waals surface area contributed by atoms with E-state index in [9.17, 15) is 4.79 Å². The highest BCUT2D eigenvalue weighted by molar-refractivity contribution is 8.03. The maximum atomic E-state index is 11.8. The van der Waals surface area contributed by atoms with E-state index in [0.717, 1.165) is 16.0 Å². The molecule has 0 aliphatic carbocycles. The van der Waals surface area contributed by atoms with E-state index in [0.29, 0.717) is 5.56 Å². The maximum absolute atomic E-state index is 11.8. The van der Waals surface area contributed by atoms with Gasteiger partial charge in [-0.1, -0.05) is 36.0 Å². The Balaban J connectivity index is 2.16. The van der Waals surface area contributed by atoms with Crippen molar-refractivity contribution in [2.24, 2.45) is 11.6 Å². The molecule has 0 radical (unpaired) electrons. The van der Waals surface area contributed by atoms with E-state index >= 15 is 0 Å². The van der Waals surface area contributed by atoms with E-state index in [1.807, 2.05) is 36.4 Å². The highest BCUT2D eigenvalue weighted by atomic mass is 32.2. The third kappa shape index (κ3) is 4.76. The van der Waals surface area contributed by atoms with Crippen LogP contribution < -0.4 is 17.0 Å². The molecule has 0 heterocycles. The molecule has 0 unspecified atom stereocenters. The summed E-state index contributed by atoms with van der Waals surface area (Å²) in [5, 5.41) is 9.07. The fraction of sp³-hybridized carbons (Fsp3) is 0.111. The molecule has 128 valence electrons. The van der Waals surface area contributed by atoms with Gasteiger partial charge in [-0.2, -0.15) is 5.26 Å². The normalized spacial score (nSPS) is 11.2. The van der Waals surface area contributed by atoms with Crippen LogP contribution in [-0.2, 0) is 9.53 Å². The highest BCUT2D eigenvalue weighted by Crippen LogP contribution is 2.28. The molecule has 7 heteroatoms. The van der Waals surface area contributed by atoms with Crippen molar-refractivity contribution < 1.29 is 9.53 Å². The lowest BCUT2D eigenvalue weighted by Crippen LogP contribution is -2.30. The molecule has 0 saturated carbocycles. The number of hydrogen-bond donors (Lipinski definition) is 3. The van der Waals surface area contributed by atoms with Crippen molar-refractivity contribution in [2.75, 3.05) is 6.61 Å². The van der Waals surface area contributed by atoms with Crippen molar-refractivity contribution in [3.05, 3.63) is 64.8 Å². The van der Waals surface area contributed by atoms with Gasteiger partial charge in [0.25, 0.3) is 0 Å². The fourth-order valence-corrected chi connectivity index (χ4v) is 2.83. The number of nitrogens with zero attached hydrogens (tertiary/aromatic N) is 1. The Labute approximate surface area is 150 Å². The highest BCUT2D eigenvalue weighted by Gasteiger charge is 2.14. The molecule has 0 atom stereocenters. The van der Waals surface area contributed by atoms with Crippen molar-refractivity contribution in [3.8, 4) is 17.2 Å². The molecule has 0 spiro atoms. The summed E-state index contributed by atoms with van der Waals surface area (Å²) in [6, 6.07) is 17.1. The molecule has 0 aliphatic rings. The summed E-state index contributed by atoms with van der Waals surface area (Å²) in [5.74, 6) is 4.76. The van der Waals surface area contributed by atoms with Crippen molar-refractivity contribution >= 4 is 17.7 Å². The molecule has 6 nitrogen and oxygen atoms in total. The Bertz CT molecular complexity index is 808. The van der Waals surface area contributed by atoms with Crippen LogP contribution in [0.4, 0.5) is 0 Å². The lowest BCUT2D eigenvalue weighted by Gasteiger charge is -2.10. The fourth-order valence-electron chi connectivity index (χ4n) is 2.06. The average Bonchev–Trinajstić information content (AvgIpc) is 2.63. The quantitative estimate of drug-likeness (QED) is 0.240. The summed E-state index contributed by atoms with van der Waals surface area (Å²) in [6.07, 6.45) is 0. The maximum Gasteiger partial charge on any atom is 0.358 e. The monoisotopic (exact) mass is 354 g/mol. The number of thioether (sulfide) groups is 1. The Hall–Kier alpha value is -2.95. The number of nitrogens with two attached hydrogens (primary N) is 2. The standard InChI is InChI=1S/C18H18N4O2S/c1-2-24-18(23)16(22-21)17(20)25-15-9-7-14(8-10-15)13-5-3-12(11-19)4-6-13/h3-10,22H,2,20-21H2,1H3/b17-16+. The molecule has 2 aromatic carbocycles. The molecule has 2 aromatic rings. The van der Waals surface area contributed by atoms with Gasteiger partial charge in [-0.15, -0.1) is 0 Å². The third-order valence-corrected chi connectivity index (χ3v) is 4.23. The van der Waals surface area contributed by atoms with Crippen LogP contribution in [-0.4, -0.2) is 12.6 Å². The summed E-state index contributed by atoms with van der Waals surface area (Å²) in [4.78, 5) is 12.6. The van der Waals surface area contributed by atoms with Crippen LogP contribution in [0.1, 0.15) is 12.5 Å². The topological polar surface area (TPSA) is 114 Å². The first-order chi connectivity index (χ1) is 12.1. The van der Waals surface area contributed by atoms with Crippen LogP contribution in [0.5, 0.6) is 0 Å². The van der Waals surface area contributed by atoms with Crippen LogP contribution in [0, 0.1) is 11.3 Å². The first-order valence-electron chi connectivity index (χ1n) is 7.51. The van der Waals surface area contributed by atoms with Gasteiger partial charge in [0.15, 0.2) is 5.70 Å². The van der Waals surface area contributed by atoms with Gasteiger partial charge in [-0.05, 0) is 42.3 Å². The lowest BCUT2D eigenvalue weighted by molar-refractivity contribution is -0.139. The second-order valence-corrected chi connectivity index (χ2v) is 6.04. The first kappa shape index (κ1) is 18.4. The van der Waals surface area contributed by atoms with Gasteiger partial charge in [0.05, 0.1) is 18.2 Å². The number of rotatable bonds is 6. The molecule has 0 bridgehead atoms. The number of nitrogens with one attached hydrogen (secondary N) is 1. The smallest absolute Gasteiger partial charge is 0.358 e. The zero-order chi connectivity index (χ0) is 18.2. The number of carbonyl (C=O) groups excluding carboxylic acids is 1. The van der Waals surface area contributed by atoms with Gasteiger partial charge >= 0.3 is 5.97 Å². The summed E-state index contributed by atoms with van der Waals surface area (Å²) >= 11 is 1.21. The number of esters is 1. The average molecular weight is 354 g/mol. The first-order valence-corrected chi connectivity index (χ1v) is 8.32. The van der Waals surface area contributed by atoms with Crippen molar-refractivity contribution in [3.63, 3.8) is 0 Å². The number of ether oxygens (including phenoxy) is 1. The van der Waals surface area contributed by atoms with Crippen LogP contribution >= 0.6 is 11.8 Å². The predicted molar refractivity (Wildman–Crippen MR) is 97.6 cm³/mol. The minimum atomic E-state index is -0.593. The SMILES string of the molecule is CCOC(=O)/C(NN)=C(/N)Sc1ccc(-c2ccc(C#N)cc2)cc1. The Kier molecular flexibility index (Phi) is 6.46. The Morgan fingerprint density at radius 2 is 1.72 bits per heavy atom. The van der Waals surface area contributed by atoms with Crippen LogP contribution in [0.2, 0.25) is 0 Å². The van der Waals surface area contributed by atoms with Gasteiger partial charge in [-0.25, -0.2) is 4.79 Å². The minimum absolute atomic E-state index is 0.0306. The van der Waals surface area contributed by atoms with Crippen molar-refractivity contribution in [2.45, 2.75) is 11.8 Å². The zero-order valence-electron chi connectivity index (χ0n) is 13.7. The van der Waals surface area contributed by atoms with Gasteiger partial charge in [0, 0.05) is 4.90 Å². The van der Waals surface area contributed by atoms with Crippen LogP contribution in [0.15, 0.2) is 64.2 Å². The minimum Gasteiger partial charge on any atom is -0.461 e. The van der Waals surface area contributed by atoms with E-state index in [2.05, 4.69) is 11.5 Å². The molecule has 0 aliphatic heterocycles. The van der Waals surface area contributed by atoms with Gasteiger partial charge in [-0.3, -0.25) is 5.84 Å². The molecule has 0 saturated heterocycles. The third-order valence-electron chi connectivity index (χ3n) is 3.30. The molecule has 25 heavy (non-hydrogen) atoms. The summed E-state index contributed by atoms with van der Waals surface area (Å²) in [7, 11) is 0. The van der Waals surface area contributed by atoms with E-state index in [1.165, 1.54) is 11.8 Å². The number of nitriles is 1. The molecule has 0 amide bonds. The zero-order valence-corrected chi connectivity index (χ0v) is 14.5. The number of carbonyl (C=O) groups is 1. The summed E-state index contributed by atoms with van der Waals surface area (Å²) in [5.41, 5.74) is 10.9.